The number of ether oxygens (including phenoxy) is 1. The second-order valence-corrected chi connectivity index (χ2v) is 5.14. The summed E-state index contributed by atoms with van der Waals surface area (Å²) in [6.07, 6.45) is 1.81. The van der Waals surface area contributed by atoms with E-state index >= 15 is 0 Å². The van der Waals surface area contributed by atoms with E-state index < -0.39 is 0 Å². The lowest BCUT2D eigenvalue weighted by Crippen LogP contribution is -2.58. The van der Waals surface area contributed by atoms with Crippen molar-refractivity contribution in [2.75, 3.05) is 31.6 Å². The Balaban J connectivity index is 2.40. The maximum atomic E-state index is 5.42. The molecular formula is C13H21N3O. The van der Waals surface area contributed by atoms with E-state index in [1.54, 1.807) is 7.11 Å². The summed E-state index contributed by atoms with van der Waals surface area (Å²) in [5.41, 5.74) is 2.26. The van der Waals surface area contributed by atoms with E-state index in [4.69, 9.17) is 4.74 Å². The number of aromatic nitrogens is 1. The molecule has 1 aromatic heterocycles. The van der Waals surface area contributed by atoms with Crippen molar-refractivity contribution in [1.29, 1.82) is 0 Å². The van der Waals surface area contributed by atoms with Crippen LogP contribution < -0.4 is 15.0 Å². The predicted octanol–water partition coefficient (Wildman–Crippen LogP) is 1.59. The summed E-state index contributed by atoms with van der Waals surface area (Å²) in [6.45, 7) is 9.49. The van der Waals surface area contributed by atoms with Gasteiger partial charge in [0.15, 0.2) is 5.75 Å². The maximum absolute atomic E-state index is 5.42. The average Bonchev–Trinajstić information content (AvgIpc) is 2.28. The van der Waals surface area contributed by atoms with Crippen molar-refractivity contribution in [2.45, 2.75) is 26.3 Å². The predicted molar refractivity (Wildman–Crippen MR) is 69.8 cm³/mol. The van der Waals surface area contributed by atoms with Gasteiger partial charge in [-0.15, -0.1) is 0 Å². The van der Waals surface area contributed by atoms with Crippen molar-refractivity contribution in [1.82, 2.24) is 10.3 Å². The minimum absolute atomic E-state index is 0.0966. The molecule has 4 heteroatoms. The molecule has 17 heavy (non-hydrogen) atoms. The molecule has 0 saturated carbocycles. The number of aryl methyl sites for hydroxylation is 1. The Hall–Kier alpha value is -1.29. The summed E-state index contributed by atoms with van der Waals surface area (Å²) in [6, 6.07) is 2.10. The molecule has 4 nitrogen and oxygen atoms in total. The van der Waals surface area contributed by atoms with Crippen molar-refractivity contribution >= 4 is 5.69 Å². The zero-order chi connectivity index (χ0) is 12.5. The van der Waals surface area contributed by atoms with Gasteiger partial charge in [0.25, 0.3) is 0 Å². The second kappa shape index (κ2) is 4.53. The molecule has 1 aromatic rings. The molecule has 0 aromatic carbocycles. The molecule has 1 aliphatic rings. The highest BCUT2D eigenvalue weighted by Crippen LogP contribution is 2.33. The lowest BCUT2D eigenvalue weighted by atomic mass is 9.99. The van der Waals surface area contributed by atoms with Crippen molar-refractivity contribution in [3.8, 4) is 5.75 Å². The molecule has 1 aliphatic heterocycles. The van der Waals surface area contributed by atoms with Gasteiger partial charge in [-0.2, -0.15) is 0 Å². The van der Waals surface area contributed by atoms with Gasteiger partial charge in [-0.25, -0.2) is 0 Å². The van der Waals surface area contributed by atoms with E-state index in [1.165, 1.54) is 0 Å². The van der Waals surface area contributed by atoms with Crippen LogP contribution in [-0.4, -0.2) is 37.3 Å². The molecule has 1 fully saturated rings. The van der Waals surface area contributed by atoms with E-state index in [9.17, 15) is 0 Å². The van der Waals surface area contributed by atoms with Gasteiger partial charge >= 0.3 is 0 Å². The quantitative estimate of drug-likeness (QED) is 0.844. The van der Waals surface area contributed by atoms with Gasteiger partial charge in [0, 0.05) is 30.9 Å². The average molecular weight is 235 g/mol. The normalized spacial score (nSPS) is 19.2. The smallest absolute Gasteiger partial charge is 0.160 e. The van der Waals surface area contributed by atoms with Crippen LogP contribution in [0.3, 0.4) is 0 Å². The second-order valence-electron chi connectivity index (χ2n) is 5.14. The molecule has 1 N–H and O–H groups in total. The Bertz CT molecular complexity index is 404. The first-order chi connectivity index (χ1) is 8.04. The standard InChI is InChI=1S/C13H21N3O/c1-10-7-11(12(17-4)8-15-10)16-6-5-14-9-13(16,2)3/h7-8,14H,5-6,9H2,1-4H3. The highest BCUT2D eigenvalue weighted by atomic mass is 16.5. The van der Waals surface area contributed by atoms with Gasteiger partial charge in [0.2, 0.25) is 0 Å². The third-order valence-corrected chi connectivity index (χ3v) is 3.29. The van der Waals surface area contributed by atoms with Crippen molar-refractivity contribution in [2.24, 2.45) is 0 Å². The van der Waals surface area contributed by atoms with E-state index in [2.05, 4.69) is 35.1 Å². The SMILES string of the molecule is COc1cnc(C)cc1N1CCNCC1(C)C. The number of nitrogens with zero attached hydrogens (tertiary/aromatic N) is 2. The minimum Gasteiger partial charge on any atom is -0.493 e. The Labute approximate surface area is 103 Å². The number of methoxy groups -OCH3 is 1. The van der Waals surface area contributed by atoms with Crippen LogP contribution in [0.1, 0.15) is 19.5 Å². The van der Waals surface area contributed by atoms with Crippen LogP contribution in [0.15, 0.2) is 12.3 Å². The molecule has 0 radical (unpaired) electrons. The largest absolute Gasteiger partial charge is 0.493 e. The molecule has 0 spiro atoms. The highest BCUT2D eigenvalue weighted by molar-refractivity contribution is 5.60. The van der Waals surface area contributed by atoms with Crippen LogP contribution in [-0.2, 0) is 0 Å². The van der Waals surface area contributed by atoms with Crippen LogP contribution in [0.2, 0.25) is 0 Å². The molecular weight excluding hydrogens is 214 g/mol. The number of anilines is 1. The summed E-state index contributed by atoms with van der Waals surface area (Å²) >= 11 is 0. The fraction of sp³-hybridized carbons (Fsp3) is 0.615. The van der Waals surface area contributed by atoms with Crippen LogP contribution >= 0.6 is 0 Å². The van der Waals surface area contributed by atoms with Crippen LogP contribution in [0.25, 0.3) is 0 Å². The number of hydrogen-bond acceptors (Lipinski definition) is 4. The first-order valence-electron chi connectivity index (χ1n) is 6.03. The monoisotopic (exact) mass is 235 g/mol. The third kappa shape index (κ3) is 2.36. The Kier molecular flexibility index (Phi) is 3.24. The first kappa shape index (κ1) is 12.2. The van der Waals surface area contributed by atoms with Crippen LogP contribution in [0, 0.1) is 6.92 Å². The van der Waals surface area contributed by atoms with Crippen molar-refractivity contribution in [3.05, 3.63) is 18.0 Å². The number of pyridine rings is 1. The third-order valence-electron chi connectivity index (χ3n) is 3.29. The molecule has 1 saturated heterocycles. The highest BCUT2D eigenvalue weighted by Gasteiger charge is 2.31. The molecule has 2 heterocycles. The number of rotatable bonds is 2. The Morgan fingerprint density at radius 1 is 1.47 bits per heavy atom. The number of piperazine rings is 1. The summed E-state index contributed by atoms with van der Waals surface area (Å²) in [7, 11) is 1.70. The summed E-state index contributed by atoms with van der Waals surface area (Å²) in [5.74, 6) is 0.852. The Morgan fingerprint density at radius 3 is 2.88 bits per heavy atom. The van der Waals surface area contributed by atoms with Crippen LogP contribution in [0.5, 0.6) is 5.75 Å². The molecule has 0 amide bonds. The molecule has 0 unspecified atom stereocenters. The van der Waals surface area contributed by atoms with Crippen molar-refractivity contribution in [3.63, 3.8) is 0 Å². The van der Waals surface area contributed by atoms with E-state index in [0.717, 1.165) is 36.8 Å². The maximum Gasteiger partial charge on any atom is 0.160 e. The summed E-state index contributed by atoms with van der Waals surface area (Å²) in [4.78, 5) is 6.69. The van der Waals surface area contributed by atoms with Gasteiger partial charge in [0.05, 0.1) is 19.0 Å². The number of hydrogen-bond donors (Lipinski definition) is 1. The topological polar surface area (TPSA) is 37.4 Å². The zero-order valence-electron chi connectivity index (χ0n) is 11.1. The van der Waals surface area contributed by atoms with E-state index in [-0.39, 0.29) is 5.54 Å². The van der Waals surface area contributed by atoms with Crippen molar-refractivity contribution < 1.29 is 4.74 Å². The molecule has 0 aliphatic carbocycles. The van der Waals surface area contributed by atoms with E-state index in [0.29, 0.717) is 0 Å². The summed E-state index contributed by atoms with van der Waals surface area (Å²) in [5, 5.41) is 3.43. The van der Waals surface area contributed by atoms with Gasteiger partial charge in [-0.3, -0.25) is 4.98 Å². The van der Waals surface area contributed by atoms with Crippen LogP contribution in [0.4, 0.5) is 5.69 Å². The molecule has 0 bridgehead atoms. The Morgan fingerprint density at radius 2 is 2.24 bits per heavy atom. The van der Waals surface area contributed by atoms with Gasteiger partial charge < -0.3 is 15.0 Å². The molecule has 94 valence electrons. The van der Waals surface area contributed by atoms with E-state index in [1.807, 2.05) is 13.1 Å². The lowest BCUT2D eigenvalue weighted by Gasteiger charge is -2.44. The zero-order valence-corrected chi connectivity index (χ0v) is 11.1. The fourth-order valence-corrected chi connectivity index (χ4v) is 2.33. The lowest BCUT2D eigenvalue weighted by molar-refractivity contribution is 0.366. The first-order valence-corrected chi connectivity index (χ1v) is 6.03. The number of nitrogens with one attached hydrogen (secondary N) is 1. The van der Waals surface area contributed by atoms with Gasteiger partial charge in [-0.1, -0.05) is 0 Å². The fourth-order valence-electron chi connectivity index (χ4n) is 2.33. The van der Waals surface area contributed by atoms with Gasteiger partial charge in [-0.05, 0) is 26.8 Å². The molecule has 0 atom stereocenters. The van der Waals surface area contributed by atoms with Gasteiger partial charge in [0.1, 0.15) is 0 Å². The molecule has 2 rings (SSSR count). The minimum atomic E-state index is 0.0966. The summed E-state index contributed by atoms with van der Waals surface area (Å²) < 4.78 is 5.42.